The lowest BCUT2D eigenvalue weighted by Crippen LogP contribution is -2.51. The number of allylic oxidation sites excluding steroid dienone is 1. The Bertz CT molecular complexity index is 845. The van der Waals surface area contributed by atoms with Crippen molar-refractivity contribution in [3.8, 4) is 0 Å². The van der Waals surface area contributed by atoms with E-state index in [2.05, 4.69) is 46.0 Å². The van der Waals surface area contributed by atoms with Crippen LogP contribution in [0, 0.1) is 46.3 Å². The summed E-state index contributed by atoms with van der Waals surface area (Å²) in [6.07, 6.45) is 23.8. The number of carbonyl (C=O) groups is 1. The summed E-state index contributed by atoms with van der Waals surface area (Å²) in [5.74, 6) is 5.20. The van der Waals surface area contributed by atoms with Crippen LogP contribution < -0.4 is 11.1 Å². The quantitative estimate of drug-likeness (QED) is 0.156. The Hall–Kier alpha value is -0.740. The predicted molar refractivity (Wildman–Crippen MR) is 175 cm³/mol. The second kappa shape index (κ2) is 15.8. The Balaban J connectivity index is 0.00000462. The van der Waals surface area contributed by atoms with Gasteiger partial charge < -0.3 is 15.8 Å². The second-order valence-electron chi connectivity index (χ2n) is 15.4. The number of nitrogens with two attached hydrogens (primary N) is 1. The highest BCUT2D eigenvalue weighted by atomic mass is 35.5. The van der Waals surface area contributed by atoms with Crippen molar-refractivity contribution in [3.63, 3.8) is 0 Å². The molecule has 4 aliphatic carbocycles. The van der Waals surface area contributed by atoms with Gasteiger partial charge in [-0.25, -0.2) is 4.79 Å². The van der Waals surface area contributed by atoms with Crippen LogP contribution in [0.4, 0.5) is 4.79 Å². The highest BCUT2D eigenvalue weighted by molar-refractivity contribution is 5.85. The number of alkyl carbamates (subject to hydrolysis) is 1. The van der Waals surface area contributed by atoms with Crippen molar-refractivity contribution >= 4 is 18.5 Å². The number of ether oxygens (including phenoxy) is 1. The molecule has 4 aliphatic rings. The van der Waals surface area contributed by atoms with E-state index in [1.165, 1.54) is 83.5 Å². The van der Waals surface area contributed by atoms with Crippen LogP contribution in [0.15, 0.2) is 11.6 Å². The lowest BCUT2D eigenvalue weighted by Gasteiger charge is -2.58. The number of halogens is 1. The summed E-state index contributed by atoms with van der Waals surface area (Å²) >= 11 is 0. The number of hydrogen-bond acceptors (Lipinski definition) is 3. The lowest BCUT2D eigenvalue weighted by molar-refractivity contribution is -0.0581. The molecule has 0 aliphatic heterocycles. The Morgan fingerprint density at radius 1 is 0.951 bits per heavy atom. The van der Waals surface area contributed by atoms with Gasteiger partial charge in [-0.05, 0) is 111 Å². The molecule has 0 bridgehead atoms. The molecule has 0 heterocycles. The molecule has 3 N–H and O–H groups in total. The molecule has 8 atom stereocenters. The van der Waals surface area contributed by atoms with Crippen molar-refractivity contribution in [1.29, 1.82) is 0 Å². The number of rotatable bonds is 14. The molecule has 238 valence electrons. The van der Waals surface area contributed by atoms with Gasteiger partial charge in [-0.1, -0.05) is 91.2 Å². The zero-order valence-electron chi connectivity index (χ0n) is 27.4. The Morgan fingerprint density at radius 3 is 2.41 bits per heavy atom. The van der Waals surface area contributed by atoms with E-state index in [0.29, 0.717) is 10.8 Å². The summed E-state index contributed by atoms with van der Waals surface area (Å²) in [6.45, 7) is 14.1. The first-order valence-electron chi connectivity index (χ1n) is 17.5. The fourth-order valence-corrected chi connectivity index (χ4v) is 10.1. The minimum Gasteiger partial charge on any atom is -0.446 e. The number of carbonyl (C=O) groups excluding carboxylic acids is 1. The third-order valence-corrected chi connectivity index (χ3v) is 12.4. The summed E-state index contributed by atoms with van der Waals surface area (Å²) in [6, 6.07) is 0. The first-order valence-corrected chi connectivity index (χ1v) is 17.5. The molecular formula is C36H65ClN2O2. The lowest BCUT2D eigenvalue weighted by atomic mass is 9.47. The molecule has 0 aromatic carbocycles. The first-order chi connectivity index (χ1) is 19.2. The molecular weight excluding hydrogens is 528 g/mol. The molecule has 0 unspecified atom stereocenters. The molecule has 0 aromatic rings. The number of unbranched alkanes of at least 4 members (excludes halogenated alkanes) is 5. The number of hydrogen-bond donors (Lipinski definition) is 2. The van der Waals surface area contributed by atoms with Crippen LogP contribution in [-0.4, -0.2) is 25.3 Å². The van der Waals surface area contributed by atoms with Crippen molar-refractivity contribution in [2.45, 2.75) is 150 Å². The summed E-state index contributed by atoms with van der Waals surface area (Å²) in [4.78, 5) is 12.5. The van der Waals surface area contributed by atoms with E-state index in [1.54, 1.807) is 5.57 Å². The summed E-state index contributed by atoms with van der Waals surface area (Å²) in [5, 5.41) is 3.02. The molecule has 0 saturated heterocycles. The topological polar surface area (TPSA) is 64.3 Å². The van der Waals surface area contributed by atoms with Crippen molar-refractivity contribution in [2.75, 3.05) is 13.1 Å². The van der Waals surface area contributed by atoms with Gasteiger partial charge in [0.2, 0.25) is 0 Å². The maximum absolute atomic E-state index is 12.5. The molecule has 3 fully saturated rings. The summed E-state index contributed by atoms with van der Waals surface area (Å²) in [5.41, 5.74) is 8.03. The molecule has 5 heteroatoms. The molecule has 0 aromatic heterocycles. The van der Waals surface area contributed by atoms with Crippen LogP contribution in [0.25, 0.3) is 0 Å². The predicted octanol–water partition coefficient (Wildman–Crippen LogP) is 9.84. The molecule has 1 amide bonds. The fourth-order valence-electron chi connectivity index (χ4n) is 10.1. The van der Waals surface area contributed by atoms with Crippen LogP contribution in [0.3, 0.4) is 0 Å². The molecule has 4 nitrogen and oxygen atoms in total. The number of amides is 1. The Kier molecular flexibility index (Phi) is 13.4. The zero-order valence-corrected chi connectivity index (χ0v) is 28.2. The van der Waals surface area contributed by atoms with E-state index < -0.39 is 0 Å². The van der Waals surface area contributed by atoms with Gasteiger partial charge in [0.05, 0.1) is 0 Å². The van der Waals surface area contributed by atoms with E-state index in [4.69, 9.17) is 10.5 Å². The van der Waals surface area contributed by atoms with Crippen molar-refractivity contribution < 1.29 is 9.53 Å². The fraction of sp³-hybridized carbons (Fsp3) is 0.917. The monoisotopic (exact) mass is 592 g/mol. The minimum atomic E-state index is -0.209. The van der Waals surface area contributed by atoms with E-state index in [0.717, 1.165) is 74.3 Å². The van der Waals surface area contributed by atoms with Gasteiger partial charge in [-0.2, -0.15) is 0 Å². The summed E-state index contributed by atoms with van der Waals surface area (Å²) < 4.78 is 5.95. The third-order valence-electron chi connectivity index (χ3n) is 12.4. The smallest absolute Gasteiger partial charge is 0.407 e. The van der Waals surface area contributed by atoms with Gasteiger partial charge in [0.1, 0.15) is 6.10 Å². The first kappa shape index (κ1) is 34.7. The molecule has 41 heavy (non-hydrogen) atoms. The van der Waals surface area contributed by atoms with Gasteiger partial charge in [-0.3, -0.25) is 0 Å². The van der Waals surface area contributed by atoms with E-state index in [1.807, 2.05) is 0 Å². The summed E-state index contributed by atoms with van der Waals surface area (Å²) in [7, 11) is 0. The van der Waals surface area contributed by atoms with Crippen molar-refractivity contribution in [2.24, 2.45) is 52.1 Å². The van der Waals surface area contributed by atoms with Gasteiger partial charge >= 0.3 is 6.09 Å². The van der Waals surface area contributed by atoms with Gasteiger partial charge in [0.15, 0.2) is 0 Å². The molecule has 0 radical (unpaired) electrons. The van der Waals surface area contributed by atoms with E-state index in [9.17, 15) is 4.79 Å². The van der Waals surface area contributed by atoms with Crippen LogP contribution in [-0.2, 0) is 4.74 Å². The number of fused-ring (bicyclic) bond motifs is 5. The normalized spacial score (nSPS) is 35.0. The van der Waals surface area contributed by atoms with Gasteiger partial charge in [-0.15, -0.1) is 12.4 Å². The zero-order chi connectivity index (χ0) is 28.8. The van der Waals surface area contributed by atoms with Gasteiger partial charge in [0, 0.05) is 13.0 Å². The van der Waals surface area contributed by atoms with Gasteiger partial charge in [0.25, 0.3) is 0 Å². The van der Waals surface area contributed by atoms with Crippen LogP contribution in [0.5, 0.6) is 0 Å². The Morgan fingerprint density at radius 2 is 1.68 bits per heavy atom. The molecule has 0 spiro atoms. The molecule has 3 saturated carbocycles. The van der Waals surface area contributed by atoms with E-state index in [-0.39, 0.29) is 24.6 Å². The SMILES string of the molecule is CC(C)CCC[C@@H](C)[C@H]1CC[C@H]2[C@@H]3CC=C4C[C@@H](OC(=O)NCCCCCCCCN)CC[C@]4(C)[C@H]3CC[C@]12C.Cl. The van der Waals surface area contributed by atoms with Crippen LogP contribution >= 0.6 is 12.4 Å². The largest absolute Gasteiger partial charge is 0.446 e. The average molecular weight is 593 g/mol. The maximum Gasteiger partial charge on any atom is 0.407 e. The van der Waals surface area contributed by atoms with Crippen molar-refractivity contribution in [3.05, 3.63) is 11.6 Å². The third kappa shape index (κ3) is 8.25. The molecule has 4 rings (SSSR count). The number of nitrogens with one attached hydrogen (secondary N) is 1. The van der Waals surface area contributed by atoms with Crippen LogP contribution in [0.1, 0.15) is 144 Å². The van der Waals surface area contributed by atoms with E-state index >= 15 is 0 Å². The highest BCUT2D eigenvalue weighted by Gasteiger charge is 2.59. The minimum absolute atomic E-state index is 0. The van der Waals surface area contributed by atoms with Crippen molar-refractivity contribution in [1.82, 2.24) is 5.32 Å². The average Bonchev–Trinajstić information content (AvgIpc) is 3.27. The maximum atomic E-state index is 12.5. The van der Waals surface area contributed by atoms with Crippen LogP contribution in [0.2, 0.25) is 0 Å². The Labute approximate surface area is 259 Å². The highest BCUT2D eigenvalue weighted by Crippen LogP contribution is 2.67. The second-order valence-corrected chi connectivity index (χ2v) is 15.4. The standard InChI is InChI=1S/C36H64N2O2.ClH/c1-26(2)13-12-14-27(3)31-17-18-32-30-16-15-28-25-29(19-21-35(28,4)33(30)20-22-36(31,32)5)40-34(39)38-24-11-9-7-6-8-10-23-37;/h15,26-27,29-33H,6-14,16-25,37H2,1-5H3,(H,38,39);1H/t27-,29+,30+,31-,32+,33+,35+,36-;/m1./s1.